The van der Waals surface area contributed by atoms with Crippen molar-refractivity contribution in [2.24, 2.45) is 9.98 Å². The molecule has 21 heavy (non-hydrogen) atoms. The summed E-state index contributed by atoms with van der Waals surface area (Å²) >= 11 is 0. The molecule has 1 N–H and O–H groups in total. The standard InChI is InChI=1S/C14H19N5O2/c1-9-10(13(20)16-4-6-18(2)3)11-12-15-5-7-19(12)8-17-14(11)21-9/h8H,4-7H2,1-3H3,(H,16,20). The van der Waals surface area contributed by atoms with Gasteiger partial charge in [0.15, 0.2) is 0 Å². The van der Waals surface area contributed by atoms with E-state index in [1.165, 1.54) is 0 Å². The summed E-state index contributed by atoms with van der Waals surface area (Å²) in [6.45, 7) is 4.67. The Labute approximate surface area is 123 Å². The third kappa shape index (κ3) is 2.44. The third-order valence-electron chi connectivity index (χ3n) is 3.55. The lowest BCUT2D eigenvalue weighted by Gasteiger charge is -2.18. The van der Waals surface area contributed by atoms with E-state index >= 15 is 0 Å². The van der Waals surface area contributed by atoms with Crippen molar-refractivity contribution in [2.45, 2.75) is 6.92 Å². The van der Waals surface area contributed by atoms with Crippen LogP contribution in [0.15, 0.2) is 14.4 Å². The molecule has 2 aliphatic heterocycles. The molecule has 0 unspecified atom stereocenters. The molecule has 0 spiro atoms. The van der Waals surface area contributed by atoms with Crippen molar-refractivity contribution in [1.29, 1.82) is 0 Å². The van der Waals surface area contributed by atoms with Gasteiger partial charge in [0.25, 0.3) is 5.91 Å². The monoisotopic (exact) mass is 289 g/mol. The molecule has 7 nitrogen and oxygen atoms in total. The average Bonchev–Trinajstić information content (AvgIpc) is 3.00. The molecule has 0 atom stereocenters. The summed E-state index contributed by atoms with van der Waals surface area (Å²) in [6, 6.07) is 0. The highest BCUT2D eigenvalue weighted by Crippen LogP contribution is 2.34. The topological polar surface area (TPSA) is 73.4 Å². The number of nitrogens with one attached hydrogen (secondary N) is 1. The number of aryl methyl sites for hydroxylation is 1. The van der Waals surface area contributed by atoms with Gasteiger partial charge in [-0.2, -0.15) is 0 Å². The van der Waals surface area contributed by atoms with Crippen molar-refractivity contribution < 1.29 is 9.21 Å². The van der Waals surface area contributed by atoms with Crippen molar-refractivity contribution in [1.82, 2.24) is 15.1 Å². The van der Waals surface area contributed by atoms with Gasteiger partial charge in [-0.15, -0.1) is 0 Å². The lowest BCUT2D eigenvalue weighted by molar-refractivity contribution is 0.0949. The SMILES string of the molecule is Cc1oc2c(c1C(=O)NCCN(C)C)C1=NCCN1C=N2. The first kappa shape index (κ1) is 13.8. The smallest absolute Gasteiger partial charge is 0.255 e. The quantitative estimate of drug-likeness (QED) is 0.881. The molecule has 0 saturated carbocycles. The van der Waals surface area contributed by atoms with E-state index < -0.39 is 0 Å². The largest absolute Gasteiger partial charge is 0.442 e. The number of carbonyl (C=O) groups excluding carboxylic acids is 1. The highest BCUT2D eigenvalue weighted by atomic mass is 16.4. The summed E-state index contributed by atoms with van der Waals surface area (Å²) in [7, 11) is 3.94. The molecular formula is C14H19N5O2. The molecule has 3 rings (SSSR count). The minimum Gasteiger partial charge on any atom is -0.442 e. The second-order valence-electron chi connectivity index (χ2n) is 5.42. The number of carbonyl (C=O) groups is 1. The maximum atomic E-state index is 12.5. The lowest BCUT2D eigenvalue weighted by atomic mass is 10.1. The van der Waals surface area contributed by atoms with Gasteiger partial charge in [0.2, 0.25) is 5.88 Å². The van der Waals surface area contributed by atoms with Crippen molar-refractivity contribution >= 4 is 24.0 Å². The Hall–Kier alpha value is -2.15. The van der Waals surface area contributed by atoms with Gasteiger partial charge in [0.1, 0.15) is 17.9 Å². The van der Waals surface area contributed by atoms with Gasteiger partial charge in [0.05, 0.1) is 17.7 Å². The van der Waals surface area contributed by atoms with Crippen molar-refractivity contribution in [3.05, 3.63) is 16.9 Å². The molecule has 2 aliphatic rings. The summed E-state index contributed by atoms with van der Waals surface area (Å²) in [4.78, 5) is 25.2. The highest BCUT2D eigenvalue weighted by Gasteiger charge is 2.33. The molecule has 1 amide bonds. The number of amidine groups is 1. The van der Waals surface area contributed by atoms with E-state index in [0.717, 1.165) is 24.5 Å². The number of amides is 1. The molecule has 0 fully saturated rings. The van der Waals surface area contributed by atoms with Gasteiger partial charge in [-0.3, -0.25) is 9.79 Å². The zero-order valence-electron chi connectivity index (χ0n) is 12.5. The van der Waals surface area contributed by atoms with Crippen LogP contribution in [0.1, 0.15) is 21.7 Å². The van der Waals surface area contributed by atoms with Crippen LogP contribution in [0.2, 0.25) is 0 Å². The molecule has 112 valence electrons. The van der Waals surface area contributed by atoms with E-state index in [9.17, 15) is 4.79 Å². The van der Waals surface area contributed by atoms with E-state index in [-0.39, 0.29) is 5.91 Å². The molecule has 0 saturated heterocycles. The van der Waals surface area contributed by atoms with Crippen LogP contribution < -0.4 is 5.32 Å². The summed E-state index contributed by atoms with van der Waals surface area (Å²) in [5.74, 6) is 1.71. The number of hydrogen-bond donors (Lipinski definition) is 1. The average molecular weight is 289 g/mol. The van der Waals surface area contributed by atoms with Gasteiger partial charge < -0.3 is 19.5 Å². The number of furan rings is 1. The van der Waals surface area contributed by atoms with E-state index in [1.807, 2.05) is 23.9 Å². The van der Waals surface area contributed by atoms with E-state index in [1.54, 1.807) is 13.3 Å². The summed E-state index contributed by atoms with van der Waals surface area (Å²) in [5.41, 5.74) is 1.26. The fraction of sp³-hybridized carbons (Fsp3) is 0.500. The van der Waals surface area contributed by atoms with Gasteiger partial charge in [-0.25, -0.2) is 4.99 Å². The first-order valence-corrected chi connectivity index (χ1v) is 7.00. The molecule has 0 bridgehead atoms. The van der Waals surface area contributed by atoms with E-state index in [4.69, 9.17) is 4.42 Å². The van der Waals surface area contributed by atoms with Crippen molar-refractivity contribution in [3.63, 3.8) is 0 Å². The minimum absolute atomic E-state index is 0.133. The van der Waals surface area contributed by atoms with E-state index in [0.29, 0.717) is 30.3 Å². The number of aliphatic imine (C=N–C) groups is 2. The van der Waals surface area contributed by atoms with Crippen LogP contribution in [0, 0.1) is 6.92 Å². The second kappa shape index (κ2) is 5.33. The summed E-state index contributed by atoms with van der Waals surface area (Å²) in [6.07, 6.45) is 1.71. The molecule has 0 radical (unpaired) electrons. The molecule has 0 aliphatic carbocycles. The Bertz CT molecular complexity index is 630. The highest BCUT2D eigenvalue weighted by molar-refractivity contribution is 6.17. The minimum atomic E-state index is -0.133. The predicted molar refractivity (Wildman–Crippen MR) is 80.6 cm³/mol. The van der Waals surface area contributed by atoms with Crippen LogP contribution in [0.25, 0.3) is 0 Å². The number of likely N-dealkylation sites (N-methyl/N-ethyl adjacent to an activating group) is 1. The molecule has 0 aromatic carbocycles. The molecule has 7 heteroatoms. The number of rotatable bonds is 4. The van der Waals surface area contributed by atoms with Crippen LogP contribution in [-0.2, 0) is 0 Å². The maximum Gasteiger partial charge on any atom is 0.255 e. The summed E-state index contributed by atoms with van der Waals surface area (Å²) in [5, 5.41) is 2.92. The third-order valence-corrected chi connectivity index (χ3v) is 3.55. The zero-order chi connectivity index (χ0) is 15.0. The number of nitrogens with zero attached hydrogens (tertiary/aromatic N) is 4. The number of fused-ring (bicyclic) bond motifs is 3. The Morgan fingerprint density at radius 1 is 1.52 bits per heavy atom. The van der Waals surface area contributed by atoms with E-state index in [2.05, 4.69) is 15.3 Å². The maximum absolute atomic E-state index is 12.5. The Kier molecular flexibility index (Phi) is 3.50. The Balaban J connectivity index is 1.88. The predicted octanol–water partition coefficient (Wildman–Crippen LogP) is 0.615. The molecule has 1 aromatic rings. The fourth-order valence-corrected chi connectivity index (χ4v) is 2.50. The second-order valence-corrected chi connectivity index (χ2v) is 5.42. The molecule has 1 aromatic heterocycles. The van der Waals surface area contributed by atoms with Crippen molar-refractivity contribution in [3.8, 4) is 0 Å². The van der Waals surface area contributed by atoms with Crippen LogP contribution in [-0.4, -0.2) is 68.2 Å². The van der Waals surface area contributed by atoms with Gasteiger partial charge in [-0.1, -0.05) is 0 Å². The molecular weight excluding hydrogens is 270 g/mol. The van der Waals surface area contributed by atoms with Crippen LogP contribution in [0.5, 0.6) is 0 Å². The lowest BCUT2D eigenvalue weighted by Crippen LogP contribution is -2.34. The van der Waals surface area contributed by atoms with Crippen LogP contribution >= 0.6 is 0 Å². The van der Waals surface area contributed by atoms with Crippen molar-refractivity contribution in [2.75, 3.05) is 40.3 Å². The summed E-state index contributed by atoms with van der Waals surface area (Å²) < 4.78 is 5.62. The molecule has 3 heterocycles. The Morgan fingerprint density at radius 3 is 3.10 bits per heavy atom. The van der Waals surface area contributed by atoms with Crippen LogP contribution in [0.3, 0.4) is 0 Å². The first-order chi connectivity index (χ1) is 10.1. The van der Waals surface area contributed by atoms with Gasteiger partial charge >= 0.3 is 0 Å². The van der Waals surface area contributed by atoms with Gasteiger partial charge in [-0.05, 0) is 21.0 Å². The Morgan fingerprint density at radius 2 is 2.33 bits per heavy atom. The first-order valence-electron chi connectivity index (χ1n) is 7.00. The van der Waals surface area contributed by atoms with Crippen LogP contribution in [0.4, 0.5) is 5.88 Å². The zero-order valence-corrected chi connectivity index (χ0v) is 12.5. The fourth-order valence-electron chi connectivity index (χ4n) is 2.50. The normalized spacial score (nSPS) is 16.0. The van der Waals surface area contributed by atoms with Gasteiger partial charge in [0, 0.05) is 19.6 Å². The number of hydrogen-bond acceptors (Lipinski definition) is 6.